The highest BCUT2D eigenvalue weighted by atomic mass is 16.1. The van der Waals surface area contributed by atoms with Crippen LogP contribution in [0.1, 0.15) is 18.9 Å². The van der Waals surface area contributed by atoms with Crippen molar-refractivity contribution in [3.8, 4) is 0 Å². The molecular formula is C17H18O2. The van der Waals surface area contributed by atoms with E-state index in [-0.39, 0.29) is 29.3 Å². The number of hydrogen-bond acceptors (Lipinski definition) is 2. The number of hydrogen-bond donors (Lipinski definition) is 0. The lowest BCUT2D eigenvalue weighted by Crippen LogP contribution is -2.32. The zero-order chi connectivity index (χ0) is 13.4. The van der Waals surface area contributed by atoms with Gasteiger partial charge in [0.15, 0.2) is 0 Å². The fourth-order valence-corrected chi connectivity index (χ4v) is 3.73. The van der Waals surface area contributed by atoms with Gasteiger partial charge in [-0.3, -0.25) is 9.59 Å². The van der Waals surface area contributed by atoms with E-state index in [1.165, 1.54) is 0 Å². The first-order valence-corrected chi connectivity index (χ1v) is 6.92. The number of benzene rings is 1. The summed E-state index contributed by atoms with van der Waals surface area (Å²) in [5, 5.41) is 0. The van der Waals surface area contributed by atoms with Crippen molar-refractivity contribution in [1.29, 1.82) is 0 Å². The van der Waals surface area contributed by atoms with Gasteiger partial charge in [0.05, 0.1) is 0 Å². The van der Waals surface area contributed by atoms with Gasteiger partial charge in [-0.05, 0) is 30.7 Å². The fraction of sp³-hybridized carbons (Fsp3) is 0.412. The van der Waals surface area contributed by atoms with Crippen LogP contribution in [-0.4, -0.2) is 11.6 Å². The molecule has 0 radical (unpaired) electrons. The molecule has 1 aromatic carbocycles. The first-order chi connectivity index (χ1) is 9.16. The first kappa shape index (κ1) is 12.3. The Bertz CT molecular complexity index is 529. The smallest absolute Gasteiger partial charge is 0.141 e. The molecule has 0 aliphatic heterocycles. The lowest BCUT2D eigenvalue weighted by Gasteiger charge is -2.24. The Labute approximate surface area is 113 Å². The average Bonchev–Trinajstić information content (AvgIpc) is 2.99. The molecule has 1 fully saturated rings. The molecule has 98 valence electrons. The zero-order valence-corrected chi connectivity index (χ0v) is 11.1. The highest BCUT2D eigenvalue weighted by Gasteiger charge is 2.49. The molecule has 2 bridgehead atoms. The van der Waals surface area contributed by atoms with E-state index in [1.807, 2.05) is 30.3 Å². The maximum atomic E-state index is 12.5. The Kier molecular flexibility index (Phi) is 3.09. The SMILES string of the molecule is CC(=O)[C@H]1[C@@H](C(=O)Cc2ccccc2)[C@H]2C=C[C@@H]1C2. The van der Waals surface area contributed by atoms with Gasteiger partial charge >= 0.3 is 0 Å². The van der Waals surface area contributed by atoms with Crippen molar-refractivity contribution in [2.75, 3.05) is 0 Å². The van der Waals surface area contributed by atoms with Crippen LogP contribution in [0, 0.1) is 23.7 Å². The summed E-state index contributed by atoms with van der Waals surface area (Å²) in [4.78, 5) is 24.4. The van der Waals surface area contributed by atoms with Crippen molar-refractivity contribution in [2.45, 2.75) is 19.8 Å². The van der Waals surface area contributed by atoms with Crippen molar-refractivity contribution in [3.63, 3.8) is 0 Å². The van der Waals surface area contributed by atoms with Gasteiger partial charge in [-0.15, -0.1) is 0 Å². The molecule has 0 unspecified atom stereocenters. The fourth-order valence-electron chi connectivity index (χ4n) is 3.73. The molecule has 2 heteroatoms. The summed E-state index contributed by atoms with van der Waals surface area (Å²) in [5.74, 6) is 0.813. The summed E-state index contributed by atoms with van der Waals surface area (Å²) < 4.78 is 0. The second-order valence-electron chi connectivity index (χ2n) is 5.74. The average molecular weight is 254 g/mol. The Morgan fingerprint density at radius 1 is 1.05 bits per heavy atom. The predicted octanol–water partition coefficient (Wildman–Crippen LogP) is 2.83. The molecule has 0 spiro atoms. The summed E-state index contributed by atoms with van der Waals surface area (Å²) in [5.41, 5.74) is 1.04. The summed E-state index contributed by atoms with van der Waals surface area (Å²) in [6, 6.07) is 9.80. The Morgan fingerprint density at radius 3 is 2.32 bits per heavy atom. The molecule has 2 aliphatic carbocycles. The van der Waals surface area contributed by atoms with Crippen molar-refractivity contribution in [2.24, 2.45) is 23.7 Å². The number of carbonyl (C=O) groups is 2. The third-order valence-electron chi connectivity index (χ3n) is 4.52. The minimum absolute atomic E-state index is 0.0776. The number of carbonyl (C=O) groups excluding carboxylic acids is 2. The third kappa shape index (κ3) is 2.16. The molecule has 2 nitrogen and oxygen atoms in total. The quantitative estimate of drug-likeness (QED) is 0.774. The lowest BCUT2D eigenvalue weighted by atomic mass is 9.77. The van der Waals surface area contributed by atoms with Crippen LogP contribution < -0.4 is 0 Å². The summed E-state index contributed by atoms with van der Waals surface area (Å²) >= 11 is 0. The van der Waals surface area contributed by atoms with Crippen molar-refractivity contribution >= 4 is 11.6 Å². The predicted molar refractivity (Wildman–Crippen MR) is 73.6 cm³/mol. The maximum Gasteiger partial charge on any atom is 0.141 e. The molecule has 2 aliphatic rings. The van der Waals surface area contributed by atoms with Crippen LogP contribution in [0.2, 0.25) is 0 Å². The number of fused-ring (bicyclic) bond motifs is 2. The van der Waals surface area contributed by atoms with Gasteiger partial charge in [0.2, 0.25) is 0 Å². The number of ketones is 2. The summed E-state index contributed by atoms with van der Waals surface area (Å²) in [6.45, 7) is 1.63. The van der Waals surface area contributed by atoms with Crippen molar-refractivity contribution in [1.82, 2.24) is 0 Å². The van der Waals surface area contributed by atoms with E-state index in [4.69, 9.17) is 0 Å². The minimum atomic E-state index is -0.0901. The van der Waals surface area contributed by atoms with Gasteiger partial charge < -0.3 is 0 Å². The van der Waals surface area contributed by atoms with E-state index in [0.29, 0.717) is 12.3 Å². The summed E-state index contributed by atoms with van der Waals surface area (Å²) in [7, 11) is 0. The number of rotatable bonds is 4. The largest absolute Gasteiger partial charge is 0.300 e. The Balaban J connectivity index is 1.79. The normalized spacial score (nSPS) is 31.6. The summed E-state index contributed by atoms with van der Waals surface area (Å²) in [6.07, 6.45) is 5.70. The van der Waals surface area contributed by atoms with Crippen molar-refractivity contribution in [3.05, 3.63) is 48.0 Å². The lowest BCUT2D eigenvalue weighted by molar-refractivity contribution is -0.131. The molecule has 1 saturated carbocycles. The molecule has 0 amide bonds. The van der Waals surface area contributed by atoms with Gasteiger partial charge in [0.1, 0.15) is 11.6 Å². The van der Waals surface area contributed by atoms with Crippen LogP contribution >= 0.6 is 0 Å². The Hall–Kier alpha value is -1.70. The molecular weight excluding hydrogens is 236 g/mol. The highest BCUT2D eigenvalue weighted by molar-refractivity contribution is 5.91. The molecule has 0 N–H and O–H groups in total. The standard InChI is InChI=1S/C17H18O2/c1-11(18)16-13-7-8-14(10-13)17(16)15(19)9-12-5-3-2-4-6-12/h2-8,13-14,16-17H,9-10H2,1H3/t13-,14+,16-,17-/m1/s1. The first-order valence-electron chi connectivity index (χ1n) is 6.92. The molecule has 19 heavy (non-hydrogen) atoms. The van der Waals surface area contributed by atoms with Crippen LogP contribution in [0.15, 0.2) is 42.5 Å². The third-order valence-corrected chi connectivity index (χ3v) is 4.52. The van der Waals surface area contributed by atoms with E-state index >= 15 is 0 Å². The molecule has 1 aromatic rings. The maximum absolute atomic E-state index is 12.5. The minimum Gasteiger partial charge on any atom is -0.300 e. The van der Waals surface area contributed by atoms with Crippen LogP contribution in [0.4, 0.5) is 0 Å². The van der Waals surface area contributed by atoms with Gasteiger partial charge in [-0.2, -0.15) is 0 Å². The van der Waals surface area contributed by atoms with Gasteiger partial charge in [0.25, 0.3) is 0 Å². The second-order valence-corrected chi connectivity index (χ2v) is 5.74. The van der Waals surface area contributed by atoms with Gasteiger partial charge in [-0.25, -0.2) is 0 Å². The topological polar surface area (TPSA) is 34.1 Å². The van der Waals surface area contributed by atoms with E-state index in [1.54, 1.807) is 6.92 Å². The van der Waals surface area contributed by atoms with Crippen LogP contribution in [0.5, 0.6) is 0 Å². The van der Waals surface area contributed by atoms with Crippen LogP contribution in [0.25, 0.3) is 0 Å². The molecule has 0 heterocycles. The Morgan fingerprint density at radius 2 is 1.68 bits per heavy atom. The van der Waals surface area contributed by atoms with E-state index in [0.717, 1.165) is 12.0 Å². The molecule has 4 atom stereocenters. The molecule has 3 rings (SSSR count). The molecule has 0 saturated heterocycles. The second kappa shape index (κ2) is 4.76. The van der Waals surface area contributed by atoms with Gasteiger partial charge in [0, 0.05) is 18.3 Å². The highest BCUT2D eigenvalue weighted by Crippen LogP contribution is 2.48. The van der Waals surface area contributed by atoms with Crippen LogP contribution in [-0.2, 0) is 16.0 Å². The zero-order valence-electron chi connectivity index (χ0n) is 11.1. The van der Waals surface area contributed by atoms with E-state index in [9.17, 15) is 9.59 Å². The monoisotopic (exact) mass is 254 g/mol. The van der Waals surface area contributed by atoms with Crippen molar-refractivity contribution < 1.29 is 9.59 Å². The number of allylic oxidation sites excluding steroid dienone is 2. The number of Topliss-reactive ketones (excluding diaryl/α,β-unsaturated/α-hetero) is 2. The van der Waals surface area contributed by atoms with E-state index < -0.39 is 0 Å². The van der Waals surface area contributed by atoms with Crippen LogP contribution in [0.3, 0.4) is 0 Å². The van der Waals surface area contributed by atoms with E-state index in [2.05, 4.69) is 12.2 Å². The molecule has 0 aromatic heterocycles. The van der Waals surface area contributed by atoms with Gasteiger partial charge in [-0.1, -0.05) is 42.5 Å².